The Bertz CT molecular complexity index is 286. The number of hydrogen-bond acceptors (Lipinski definition) is 4. The van der Waals surface area contributed by atoms with Gasteiger partial charge >= 0.3 is 0 Å². The molecule has 0 fully saturated rings. The van der Waals surface area contributed by atoms with Gasteiger partial charge in [0.15, 0.2) is 0 Å². The number of aromatic nitrogens is 3. The first-order chi connectivity index (χ1) is 6.18. The van der Waals surface area contributed by atoms with Crippen molar-refractivity contribution in [1.82, 2.24) is 15.2 Å². The summed E-state index contributed by atoms with van der Waals surface area (Å²) in [6.45, 7) is 1.85. The van der Waals surface area contributed by atoms with Gasteiger partial charge in [-0.3, -0.25) is 9.89 Å². The molecule has 0 atom stereocenters. The molecular weight excluding hydrogens is 188 g/mol. The first kappa shape index (κ1) is 10.0. The van der Waals surface area contributed by atoms with E-state index in [0.29, 0.717) is 6.42 Å². The van der Waals surface area contributed by atoms with Crippen molar-refractivity contribution in [2.75, 3.05) is 5.75 Å². The number of primary amides is 1. The van der Waals surface area contributed by atoms with Crippen LogP contribution in [0.2, 0.25) is 0 Å². The van der Waals surface area contributed by atoms with Gasteiger partial charge < -0.3 is 5.73 Å². The molecule has 1 heterocycles. The van der Waals surface area contributed by atoms with E-state index in [1.54, 1.807) is 0 Å². The Morgan fingerprint density at radius 3 is 3.00 bits per heavy atom. The molecule has 1 amide bonds. The fraction of sp³-hybridized carbons (Fsp3) is 0.571. The smallest absolute Gasteiger partial charge is 0.217 e. The molecule has 6 heteroatoms. The van der Waals surface area contributed by atoms with Crippen molar-refractivity contribution in [2.24, 2.45) is 5.73 Å². The Kier molecular flexibility index (Phi) is 3.75. The quantitative estimate of drug-likeness (QED) is 0.534. The predicted octanol–water partition coefficient (Wildman–Crippen LogP) is 0.471. The van der Waals surface area contributed by atoms with Crippen LogP contribution in [-0.4, -0.2) is 26.8 Å². The monoisotopic (exact) mass is 200 g/mol. The molecule has 0 saturated heterocycles. The Balaban J connectivity index is 2.16. The summed E-state index contributed by atoms with van der Waals surface area (Å²) in [6, 6.07) is 0. The molecule has 0 spiro atoms. The number of rotatable bonds is 5. The number of aryl methyl sites for hydroxylation is 1. The summed E-state index contributed by atoms with van der Waals surface area (Å²) < 4.78 is 0. The minimum Gasteiger partial charge on any atom is -0.370 e. The van der Waals surface area contributed by atoms with E-state index < -0.39 is 0 Å². The lowest BCUT2D eigenvalue weighted by atomic mass is 10.3. The van der Waals surface area contributed by atoms with Gasteiger partial charge in [0, 0.05) is 12.2 Å². The highest BCUT2D eigenvalue weighted by Gasteiger charge is 2.00. The Hall–Kier alpha value is -1.04. The van der Waals surface area contributed by atoms with Crippen molar-refractivity contribution in [3.05, 3.63) is 5.82 Å². The molecule has 0 unspecified atom stereocenters. The zero-order valence-corrected chi connectivity index (χ0v) is 8.23. The van der Waals surface area contributed by atoms with E-state index in [2.05, 4.69) is 15.2 Å². The van der Waals surface area contributed by atoms with Gasteiger partial charge in [-0.15, -0.1) is 5.10 Å². The van der Waals surface area contributed by atoms with Crippen LogP contribution in [0.15, 0.2) is 5.16 Å². The summed E-state index contributed by atoms with van der Waals surface area (Å²) in [5, 5.41) is 7.41. The molecule has 13 heavy (non-hydrogen) atoms. The van der Waals surface area contributed by atoms with E-state index in [1.807, 2.05) is 6.92 Å². The number of amides is 1. The van der Waals surface area contributed by atoms with E-state index in [-0.39, 0.29) is 5.91 Å². The van der Waals surface area contributed by atoms with Crippen LogP contribution in [0.3, 0.4) is 0 Å². The van der Waals surface area contributed by atoms with Gasteiger partial charge in [0.25, 0.3) is 0 Å². The zero-order valence-electron chi connectivity index (χ0n) is 7.41. The molecule has 1 rings (SSSR count). The van der Waals surface area contributed by atoms with Crippen molar-refractivity contribution in [3.63, 3.8) is 0 Å². The largest absolute Gasteiger partial charge is 0.370 e. The Morgan fingerprint density at radius 1 is 1.69 bits per heavy atom. The predicted molar refractivity (Wildman–Crippen MR) is 50.3 cm³/mol. The Labute approximate surface area is 80.5 Å². The molecule has 0 aliphatic heterocycles. The van der Waals surface area contributed by atoms with E-state index >= 15 is 0 Å². The summed E-state index contributed by atoms with van der Waals surface area (Å²) in [7, 11) is 0. The number of nitrogens with two attached hydrogens (primary N) is 1. The van der Waals surface area contributed by atoms with E-state index in [4.69, 9.17) is 5.73 Å². The Morgan fingerprint density at radius 2 is 2.46 bits per heavy atom. The third-order valence-corrected chi connectivity index (χ3v) is 2.31. The maximum absolute atomic E-state index is 10.4. The molecule has 1 aromatic rings. The van der Waals surface area contributed by atoms with Gasteiger partial charge in [0.2, 0.25) is 11.1 Å². The molecule has 3 N–H and O–H groups in total. The summed E-state index contributed by atoms with van der Waals surface area (Å²) in [6.07, 6.45) is 1.20. The van der Waals surface area contributed by atoms with Crippen molar-refractivity contribution < 1.29 is 4.79 Å². The molecule has 1 aromatic heterocycles. The maximum Gasteiger partial charge on any atom is 0.217 e. The topological polar surface area (TPSA) is 84.7 Å². The van der Waals surface area contributed by atoms with Crippen molar-refractivity contribution in [2.45, 2.75) is 24.9 Å². The van der Waals surface area contributed by atoms with Gasteiger partial charge in [-0.25, -0.2) is 4.98 Å². The molecule has 0 aliphatic carbocycles. The standard InChI is InChI=1S/C7H12N4OS/c1-5-9-7(11-10-5)13-4-2-3-6(8)12/h2-4H2,1H3,(H2,8,12)(H,9,10,11). The number of nitrogens with zero attached hydrogens (tertiary/aromatic N) is 2. The van der Waals surface area contributed by atoms with Crippen LogP contribution in [0.25, 0.3) is 0 Å². The van der Waals surface area contributed by atoms with Crippen LogP contribution in [-0.2, 0) is 4.79 Å². The zero-order chi connectivity index (χ0) is 9.68. The first-order valence-electron chi connectivity index (χ1n) is 3.98. The van der Waals surface area contributed by atoms with Gasteiger partial charge in [0.05, 0.1) is 0 Å². The van der Waals surface area contributed by atoms with Gasteiger partial charge in [0.1, 0.15) is 5.82 Å². The average molecular weight is 200 g/mol. The van der Waals surface area contributed by atoms with Crippen LogP contribution in [0.5, 0.6) is 0 Å². The maximum atomic E-state index is 10.4. The lowest BCUT2D eigenvalue weighted by Gasteiger charge is -1.93. The first-order valence-corrected chi connectivity index (χ1v) is 4.97. The number of aromatic amines is 1. The minimum atomic E-state index is -0.258. The van der Waals surface area contributed by atoms with E-state index in [9.17, 15) is 4.79 Å². The van der Waals surface area contributed by atoms with E-state index in [1.165, 1.54) is 11.8 Å². The lowest BCUT2D eigenvalue weighted by Crippen LogP contribution is -2.09. The van der Waals surface area contributed by atoms with Crippen molar-refractivity contribution in [1.29, 1.82) is 0 Å². The van der Waals surface area contributed by atoms with Gasteiger partial charge in [-0.05, 0) is 13.3 Å². The third kappa shape index (κ3) is 3.93. The summed E-state index contributed by atoms with van der Waals surface area (Å²) in [4.78, 5) is 14.5. The van der Waals surface area contributed by atoms with Crippen LogP contribution in [0, 0.1) is 6.92 Å². The summed E-state index contributed by atoms with van der Waals surface area (Å²) in [5.41, 5.74) is 4.99. The second kappa shape index (κ2) is 4.86. The highest BCUT2D eigenvalue weighted by Crippen LogP contribution is 2.13. The lowest BCUT2D eigenvalue weighted by molar-refractivity contribution is -0.118. The summed E-state index contributed by atoms with van der Waals surface area (Å²) in [5.74, 6) is 1.37. The molecule has 5 nitrogen and oxygen atoms in total. The van der Waals surface area contributed by atoms with Crippen molar-refractivity contribution in [3.8, 4) is 0 Å². The highest BCUT2D eigenvalue weighted by atomic mass is 32.2. The van der Waals surface area contributed by atoms with Gasteiger partial charge in [-0.1, -0.05) is 11.8 Å². The molecular formula is C7H12N4OS. The second-order valence-electron chi connectivity index (χ2n) is 2.62. The third-order valence-electron chi connectivity index (χ3n) is 1.38. The van der Waals surface area contributed by atoms with E-state index in [0.717, 1.165) is 23.2 Å². The normalized spacial score (nSPS) is 10.2. The molecule has 0 aliphatic rings. The molecule has 0 aromatic carbocycles. The molecule has 0 bridgehead atoms. The van der Waals surface area contributed by atoms with Crippen LogP contribution < -0.4 is 5.73 Å². The van der Waals surface area contributed by atoms with Crippen molar-refractivity contribution >= 4 is 17.7 Å². The molecule has 0 saturated carbocycles. The SMILES string of the molecule is Cc1nc(SCCCC(N)=O)n[nH]1. The van der Waals surface area contributed by atoms with Crippen LogP contribution >= 0.6 is 11.8 Å². The number of carbonyl (C=O) groups is 1. The molecule has 72 valence electrons. The fourth-order valence-electron chi connectivity index (χ4n) is 0.797. The number of carbonyl (C=O) groups excluding carboxylic acids is 1. The number of thioether (sulfide) groups is 1. The fourth-order valence-corrected chi connectivity index (χ4v) is 1.58. The second-order valence-corrected chi connectivity index (χ2v) is 3.68. The average Bonchev–Trinajstić information content (AvgIpc) is 2.45. The number of nitrogens with one attached hydrogen (secondary N) is 1. The van der Waals surface area contributed by atoms with Crippen LogP contribution in [0.1, 0.15) is 18.7 Å². The number of hydrogen-bond donors (Lipinski definition) is 2. The highest BCUT2D eigenvalue weighted by molar-refractivity contribution is 7.99. The summed E-state index contributed by atoms with van der Waals surface area (Å²) >= 11 is 1.52. The van der Waals surface area contributed by atoms with Crippen LogP contribution in [0.4, 0.5) is 0 Å². The van der Waals surface area contributed by atoms with Gasteiger partial charge in [-0.2, -0.15) is 0 Å². The minimum absolute atomic E-state index is 0.258. The molecule has 0 radical (unpaired) electrons. The number of H-pyrrole nitrogens is 1.